The number of carbonyl (C=O) groups is 2. The number of amides is 1. The van der Waals surface area contributed by atoms with Crippen molar-refractivity contribution in [2.45, 2.75) is 44.7 Å². The van der Waals surface area contributed by atoms with E-state index in [1.165, 1.54) is 12.1 Å². The molecule has 3 heterocycles. The van der Waals surface area contributed by atoms with Gasteiger partial charge < -0.3 is 9.42 Å². The summed E-state index contributed by atoms with van der Waals surface area (Å²) in [5, 5.41) is 4.05. The van der Waals surface area contributed by atoms with Crippen molar-refractivity contribution in [2.24, 2.45) is 11.8 Å². The van der Waals surface area contributed by atoms with Crippen molar-refractivity contribution in [1.82, 2.24) is 10.1 Å². The van der Waals surface area contributed by atoms with Gasteiger partial charge in [-0.05, 0) is 55.0 Å². The minimum Gasteiger partial charge on any atom is -0.356 e. The van der Waals surface area contributed by atoms with E-state index < -0.39 is 5.54 Å². The van der Waals surface area contributed by atoms with Crippen LogP contribution < -0.4 is 0 Å². The van der Waals surface area contributed by atoms with Crippen LogP contribution in [0.4, 0.5) is 4.39 Å². The standard InChI is InChI=1S/C26H25FN2O3/c1-16(2)14-20-25(31)29-22(17-6-4-3-5-7-17)12-13-26(20,29)24(30)21-15-23(32-28-21)18-8-10-19(27)11-9-18/h3-11,15-16,20,22H,12-14H2,1-2H3. The summed E-state index contributed by atoms with van der Waals surface area (Å²) in [4.78, 5) is 28.9. The van der Waals surface area contributed by atoms with Gasteiger partial charge >= 0.3 is 0 Å². The van der Waals surface area contributed by atoms with Gasteiger partial charge in [0.15, 0.2) is 11.5 Å². The van der Waals surface area contributed by atoms with Crippen molar-refractivity contribution in [1.29, 1.82) is 0 Å². The molecule has 164 valence electrons. The number of halogens is 1. The van der Waals surface area contributed by atoms with E-state index in [4.69, 9.17) is 4.52 Å². The first-order chi connectivity index (χ1) is 15.4. The normalized spacial score (nSPS) is 24.5. The van der Waals surface area contributed by atoms with Gasteiger partial charge in [0, 0.05) is 11.6 Å². The van der Waals surface area contributed by atoms with Crippen molar-refractivity contribution in [2.75, 3.05) is 0 Å². The average Bonchev–Trinajstić information content (AvgIpc) is 3.42. The van der Waals surface area contributed by atoms with Crippen LogP contribution in [0.1, 0.15) is 55.2 Å². The van der Waals surface area contributed by atoms with Gasteiger partial charge in [-0.1, -0.05) is 49.3 Å². The highest BCUT2D eigenvalue weighted by atomic mass is 19.1. The smallest absolute Gasteiger partial charge is 0.229 e. The van der Waals surface area contributed by atoms with Crippen LogP contribution in [0.15, 0.2) is 65.2 Å². The lowest BCUT2D eigenvalue weighted by molar-refractivity contribution is -0.165. The molecule has 0 N–H and O–H groups in total. The SMILES string of the molecule is CC(C)CC1C(=O)N2C(c3ccccc3)CCC12C(=O)c1cc(-c2ccc(F)cc2)on1. The second-order valence-electron chi connectivity index (χ2n) is 9.19. The Hall–Kier alpha value is -3.28. The molecule has 5 rings (SSSR count). The molecule has 3 atom stereocenters. The van der Waals surface area contributed by atoms with E-state index in [-0.39, 0.29) is 35.2 Å². The third kappa shape index (κ3) is 3.08. The monoisotopic (exact) mass is 432 g/mol. The maximum atomic E-state index is 13.9. The molecule has 0 bridgehead atoms. The first kappa shape index (κ1) is 20.6. The zero-order chi connectivity index (χ0) is 22.5. The van der Waals surface area contributed by atoms with Crippen molar-refractivity contribution in [3.05, 3.63) is 77.7 Å². The summed E-state index contributed by atoms with van der Waals surface area (Å²) in [6.07, 6.45) is 2.00. The van der Waals surface area contributed by atoms with Gasteiger partial charge in [0.1, 0.15) is 11.4 Å². The summed E-state index contributed by atoms with van der Waals surface area (Å²) in [6, 6.07) is 17.2. The lowest BCUT2D eigenvalue weighted by atomic mass is 9.66. The molecule has 2 aliphatic heterocycles. The van der Waals surface area contributed by atoms with Gasteiger partial charge in [-0.3, -0.25) is 9.59 Å². The molecule has 5 nitrogen and oxygen atoms in total. The Bertz CT molecular complexity index is 1160. The van der Waals surface area contributed by atoms with E-state index in [0.29, 0.717) is 30.1 Å². The van der Waals surface area contributed by atoms with Crippen LogP contribution in [-0.2, 0) is 4.79 Å². The fourth-order valence-corrected chi connectivity index (χ4v) is 5.38. The number of fused-ring (bicyclic) bond motifs is 1. The molecule has 2 aromatic carbocycles. The summed E-state index contributed by atoms with van der Waals surface area (Å²) in [7, 11) is 0. The maximum Gasteiger partial charge on any atom is 0.229 e. The minimum atomic E-state index is -0.890. The molecule has 32 heavy (non-hydrogen) atoms. The minimum absolute atomic E-state index is 0.0423. The Labute approximate surface area is 186 Å². The molecule has 0 spiro atoms. The molecular weight excluding hydrogens is 407 g/mol. The largest absolute Gasteiger partial charge is 0.356 e. The predicted octanol–water partition coefficient (Wildman–Crippen LogP) is 5.44. The quantitative estimate of drug-likeness (QED) is 0.384. The van der Waals surface area contributed by atoms with Gasteiger partial charge in [-0.15, -0.1) is 0 Å². The Morgan fingerprint density at radius 2 is 1.91 bits per heavy atom. The highest BCUT2D eigenvalue weighted by Gasteiger charge is 2.69. The molecule has 0 radical (unpaired) electrons. The fraction of sp³-hybridized carbons (Fsp3) is 0.346. The van der Waals surface area contributed by atoms with Crippen LogP contribution in [0.25, 0.3) is 11.3 Å². The third-order valence-corrected chi connectivity index (χ3v) is 6.81. The molecule has 2 saturated heterocycles. The molecule has 6 heteroatoms. The Balaban J connectivity index is 1.51. The van der Waals surface area contributed by atoms with Gasteiger partial charge in [-0.25, -0.2) is 4.39 Å². The average molecular weight is 432 g/mol. The third-order valence-electron chi connectivity index (χ3n) is 6.81. The van der Waals surface area contributed by atoms with Gasteiger partial charge in [0.25, 0.3) is 0 Å². The number of β-lactam (4-membered cyclic amide) rings is 1. The molecule has 1 aromatic heterocycles. The predicted molar refractivity (Wildman–Crippen MR) is 117 cm³/mol. The first-order valence-electron chi connectivity index (χ1n) is 11.1. The number of ketones is 1. The maximum absolute atomic E-state index is 13.9. The lowest BCUT2D eigenvalue weighted by Crippen LogP contribution is -2.72. The highest BCUT2D eigenvalue weighted by molar-refractivity contribution is 6.12. The number of hydrogen-bond donors (Lipinski definition) is 0. The number of hydrogen-bond acceptors (Lipinski definition) is 4. The number of carbonyl (C=O) groups excluding carboxylic acids is 2. The number of rotatable bonds is 6. The summed E-state index contributed by atoms with van der Waals surface area (Å²) in [6.45, 7) is 4.14. The van der Waals surface area contributed by atoms with E-state index in [0.717, 1.165) is 12.0 Å². The zero-order valence-corrected chi connectivity index (χ0v) is 18.1. The topological polar surface area (TPSA) is 63.4 Å². The number of Topliss-reactive ketones (excluding diaryl/α,β-unsaturated/α-hetero) is 1. The first-order valence-corrected chi connectivity index (χ1v) is 11.1. The van der Waals surface area contributed by atoms with Crippen molar-refractivity contribution in [3.8, 4) is 11.3 Å². The zero-order valence-electron chi connectivity index (χ0n) is 18.1. The fourth-order valence-electron chi connectivity index (χ4n) is 5.38. The second-order valence-corrected chi connectivity index (χ2v) is 9.19. The van der Waals surface area contributed by atoms with E-state index in [1.807, 2.05) is 30.3 Å². The molecule has 0 aliphatic carbocycles. The van der Waals surface area contributed by atoms with Crippen LogP contribution in [0.2, 0.25) is 0 Å². The van der Waals surface area contributed by atoms with E-state index in [2.05, 4.69) is 19.0 Å². The van der Waals surface area contributed by atoms with E-state index >= 15 is 0 Å². The summed E-state index contributed by atoms with van der Waals surface area (Å²) >= 11 is 0. The molecule has 3 aromatic rings. The van der Waals surface area contributed by atoms with Gasteiger partial charge in [-0.2, -0.15) is 0 Å². The van der Waals surface area contributed by atoms with Crippen molar-refractivity contribution in [3.63, 3.8) is 0 Å². The van der Waals surface area contributed by atoms with E-state index in [1.54, 1.807) is 23.1 Å². The molecule has 0 saturated carbocycles. The van der Waals surface area contributed by atoms with Gasteiger partial charge in [0.05, 0.1) is 12.0 Å². The molecule has 2 aliphatic rings. The summed E-state index contributed by atoms with van der Waals surface area (Å²) in [5.41, 5.74) is 1.01. The van der Waals surface area contributed by atoms with Crippen LogP contribution in [0.5, 0.6) is 0 Å². The molecule has 3 unspecified atom stereocenters. The molecule has 2 fully saturated rings. The number of aromatic nitrogens is 1. The van der Waals surface area contributed by atoms with Crippen LogP contribution in [0, 0.1) is 17.7 Å². The molecular formula is C26H25FN2O3. The van der Waals surface area contributed by atoms with Crippen LogP contribution >= 0.6 is 0 Å². The van der Waals surface area contributed by atoms with Crippen molar-refractivity contribution >= 4 is 11.7 Å². The number of benzene rings is 2. The number of nitrogens with zero attached hydrogens (tertiary/aromatic N) is 2. The lowest BCUT2D eigenvalue weighted by Gasteiger charge is -2.55. The van der Waals surface area contributed by atoms with Crippen LogP contribution in [-0.4, -0.2) is 27.3 Å². The molecule has 1 amide bonds. The summed E-state index contributed by atoms with van der Waals surface area (Å²) in [5.74, 6) is -0.131. The highest BCUT2D eigenvalue weighted by Crippen LogP contribution is 2.57. The summed E-state index contributed by atoms with van der Waals surface area (Å²) < 4.78 is 18.7. The Morgan fingerprint density at radius 1 is 1.19 bits per heavy atom. The van der Waals surface area contributed by atoms with Gasteiger partial charge in [0.2, 0.25) is 11.7 Å². The van der Waals surface area contributed by atoms with E-state index in [9.17, 15) is 14.0 Å². The Morgan fingerprint density at radius 3 is 2.59 bits per heavy atom. The second kappa shape index (κ2) is 7.69. The Kier molecular flexibility index (Phi) is 4.96. The van der Waals surface area contributed by atoms with Crippen LogP contribution in [0.3, 0.4) is 0 Å². The van der Waals surface area contributed by atoms with Crippen molar-refractivity contribution < 1.29 is 18.5 Å².